The van der Waals surface area contributed by atoms with Crippen molar-refractivity contribution in [3.8, 4) is 0 Å². The Labute approximate surface area is 118 Å². The van der Waals surface area contributed by atoms with Gasteiger partial charge in [-0.25, -0.2) is 15.0 Å². The van der Waals surface area contributed by atoms with E-state index in [0.717, 1.165) is 43.1 Å². The molecular formula is C15H19N5. The number of aromatic nitrogens is 4. The third-order valence-corrected chi connectivity index (χ3v) is 3.65. The summed E-state index contributed by atoms with van der Waals surface area (Å²) in [6.45, 7) is 2.88. The Morgan fingerprint density at radius 1 is 1.15 bits per heavy atom. The van der Waals surface area contributed by atoms with Crippen LogP contribution in [0.1, 0.15) is 35.6 Å². The topological polar surface area (TPSA) is 63.6 Å². The smallest absolute Gasteiger partial charge is 0.144 e. The molecular weight excluding hydrogens is 250 g/mol. The number of nitrogens with one attached hydrogen (secondary N) is 1. The van der Waals surface area contributed by atoms with Crippen LogP contribution in [0.4, 0.5) is 5.82 Å². The summed E-state index contributed by atoms with van der Waals surface area (Å²) >= 11 is 0. The summed E-state index contributed by atoms with van der Waals surface area (Å²) in [6.07, 6.45) is 10.6. The number of anilines is 1. The molecule has 104 valence electrons. The molecule has 1 N–H and O–H groups in total. The molecule has 0 atom stereocenters. The maximum absolute atomic E-state index is 4.72. The van der Waals surface area contributed by atoms with Gasteiger partial charge in [-0.2, -0.15) is 0 Å². The van der Waals surface area contributed by atoms with Crippen LogP contribution < -0.4 is 5.32 Å². The zero-order chi connectivity index (χ0) is 13.8. The molecule has 0 radical (unpaired) electrons. The monoisotopic (exact) mass is 269 g/mol. The van der Waals surface area contributed by atoms with E-state index in [-0.39, 0.29) is 0 Å². The van der Waals surface area contributed by atoms with Gasteiger partial charge in [0.25, 0.3) is 0 Å². The molecule has 0 spiro atoms. The molecule has 0 aliphatic heterocycles. The highest BCUT2D eigenvalue weighted by Gasteiger charge is 2.15. The molecule has 0 aromatic carbocycles. The molecule has 0 unspecified atom stereocenters. The van der Waals surface area contributed by atoms with Crippen molar-refractivity contribution < 1.29 is 0 Å². The van der Waals surface area contributed by atoms with Crippen LogP contribution in [0.2, 0.25) is 0 Å². The van der Waals surface area contributed by atoms with Crippen LogP contribution in [-0.2, 0) is 19.3 Å². The maximum Gasteiger partial charge on any atom is 0.144 e. The highest BCUT2D eigenvalue weighted by atomic mass is 15.0. The van der Waals surface area contributed by atoms with Crippen molar-refractivity contribution in [2.24, 2.45) is 0 Å². The predicted octanol–water partition coefficient (Wildman–Crippen LogP) is 2.11. The van der Waals surface area contributed by atoms with Crippen molar-refractivity contribution >= 4 is 5.82 Å². The van der Waals surface area contributed by atoms with Gasteiger partial charge < -0.3 is 5.32 Å². The quantitative estimate of drug-likeness (QED) is 0.921. The minimum absolute atomic E-state index is 0.775. The largest absolute Gasteiger partial charge is 0.368 e. The molecule has 0 saturated carbocycles. The SMILES string of the molecule is Cc1nc(CCNc2cnccn2)nc2c1CCCC2. The fourth-order valence-electron chi connectivity index (χ4n) is 2.65. The Balaban J connectivity index is 1.64. The molecule has 2 aromatic heterocycles. The first-order valence-electron chi connectivity index (χ1n) is 7.18. The maximum atomic E-state index is 4.72. The standard InChI is InChI=1S/C15H19N5/c1-11-12-4-2-3-5-13(12)20-14(19-11)6-7-17-15-10-16-8-9-18-15/h8-10H,2-7H2,1H3,(H,17,18). The number of hydrogen-bond donors (Lipinski definition) is 1. The van der Waals surface area contributed by atoms with Gasteiger partial charge >= 0.3 is 0 Å². The Hall–Kier alpha value is -2.04. The predicted molar refractivity (Wildman–Crippen MR) is 77.6 cm³/mol. The lowest BCUT2D eigenvalue weighted by atomic mass is 9.95. The van der Waals surface area contributed by atoms with E-state index in [2.05, 4.69) is 27.2 Å². The van der Waals surface area contributed by atoms with E-state index in [1.54, 1.807) is 18.6 Å². The third-order valence-electron chi connectivity index (χ3n) is 3.65. The number of nitrogens with zero attached hydrogens (tertiary/aromatic N) is 4. The van der Waals surface area contributed by atoms with Gasteiger partial charge in [0.05, 0.1) is 6.20 Å². The van der Waals surface area contributed by atoms with Crippen molar-refractivity contribution in [1.29, 1.82) is 0 Å². The van der Waals surface area contributed by atoms with Crippen molar-refractivity contribution in [1.82, 2.24) is 19.9 Å². The highest BCUT2D eigenvalue weighted by Crippen LogP contribution is 2.21. The first-order chi connectivity index (χ1) is 9.83. The Morgan fingerprint density at radius 2 is 2.05 bits per heavy atom. The highest BCUT2D eigenvalue weighted by molar-refractivity contribution is 5.30. The van der Waals surface area contributed by atoms with E-state index in [1.807, 2.05) is 0 Å². The second-order valence-electron chi connectivity index (χ2n) is 5.13. The normalized spacial score (nSPS) is 13.8. The van der Waals surface area contributed by atoms with Crippen LogP contribution in [0.25, 0.3) is 0 Å². The lowest BCUT2D eigenvalue weighted by Gasteiger charge is -2.17. The molecule has 1 aliphatic rings. The van der Waals surface area contributed by atoms with Crippen LogP contribution >= 0.6 is 0 Å². The zero-order valence-corrected chi connectivity index (χ0v) is 11.8. The van der Waals surface area contributed by atoms with Crippen molar-refractivity contribution in [2.45, 2.75) is 39.0 Å². The van der Waals surface area contributed by atoms with E-state index in [1.165, 1.54) is 24.1 Å². The van der Waals surface area contributed by atoms with E-state index in [4.69, 9.17) is 4.98 Å². The second-order valence-corrected chi connectivity index (χ2v) is 5.13. The average Bonchev–Trinajstić information content (AvgIpc) is 2.48. The Bertz CT molecular complexity index is 582. The minimum atomic E-state index is 0.775. The Morgan fingerprint density at radius 3 is 2.90 bits per heavy atom. The number of aryl methyl sites for hydroxylation is 2. The van der Waals surface area contributed by atoms with E-state index in [0.29, 0.717) is 0 Å². The summed E-state index contributed by atoms with van der Waals surface area (Å²) < 4.78 is 0. The van der Waals surface area contributed by atoms with Crippen molar-refractivity contribution in [3.63, 3.8) is 0 Å². The van der Waals surface area contributed by atoms with Gasteiger partial charge in [-0.05, 0) is 38.2 Å². The second kappa shape index (κ2) is 5.94. The molecule has 2 heterocycles. The van der Waals surface area contributed by atoms with Crippen LogP contribution in [0, 0.1) is 6.92 Å². The van der Waals surface area contributed by atoms with Gasteiger partial charge in [0.1, 0.15) is 11.6 Å². The van der Waals surface area contributed by atoms with Gasteiger partial charge in [-0.1, -0.05) is 0 Å². The summed E-state index contributed by atoms with van der Waals surface area (Å²) in [7, 11) is 0. The number of hydrogen-bond acceptors (Lipinski definition) is 5. The summed E-state index contributed by atoms with van der Waals surface area (Å²) in [5.74, 6) is 1.72. The van der Waals surface area contributed by atoms with Gasteiger partial charge in [0.2, 0.25) is 0 Å². The van der Waals surface area contributed by atoms with Gasteiger partial charge in [0.15, 0.2) is 0 Å². The average molecular weight is 269 g/mol. The molecule has 5 heteroatoms. The number of rotatable bonds is 4. The van der Waals surface area contributed by atoms with Crippen LogP contribution in [0.5, 0.6) is 0 Å². The van der Waals surface area contributed by atoms with Gasteiger partial charge in [0, 0.05) is 36.7 Å². The van der Waals surface area contributed by atoms with Crippen molar-refractivity contribution in [3.05, 3.63) is 41.4 Å². The zero-order valence-electron chi connectivity index (χ0n) is 11.8. The lowest BCUT2D eigenvalue weighted by Crippen LogP contribution is -2.14. The molecule has 0 bridgehead atoms. The van der Waals surface area contributed by atoms with Crippen molar-refractivity contribution in [2.75, 3.05) is 11.9 Å². The van der Waals surface area contributed by atoms with E-state index >= 15 is 0 Å². The van der Waals surface area contributed by atoms with E-state index < -0.39 is 0 Å². The fourth-order valence-corrected chi connectivity index (χ4v) is 2.65. The molecule has 5 nitrogen and oxygen atoms in total. The van der Waals surface area contributed by atoms with E-state index in [9.17, 15) is 0 Å². The van der Waals surface area contributed by atoms with Gasteiger partial charge in [-0.3, -0.25) is 4.98 Å². The van der Waals surface area contributed by atoms with Crippen LogP contribution in [0.15, 0.2) is 18.6 Å². The molecule has 3 rings (SSSR count). The summed E-state index contributed by atoms with van der Waals surface area (Å²) in [5.41, 5.74) is 3.80. The Kier molecular flexibility index (Phi) is 3.85. The fraction of sp³-hybridized carbons (Fsp3) is 0.467. The van der Waals surface area contributed by atoms with Crippen LogP contribution in [-0.4, -0.2) is 26.5 Å². The summed E-state index contributed by atoms with van der Waals surface area (Å²) in [6, 6.07) is 0. The summed E-state index contributed by atoms with van der Waals surface area (Å²) in [4.78, 5) is 17.6. The van der Waals surface area contributed by atoms with Crippen LogP contribution in [0.3, 0.4) is 0 Å². The first kappa shape index (κ1) is 13.0. The molecule has 2 aromatic rings. The first-order valence-corrected chi connectivity index (χ1v) is 7.18. The molecule has 1 aliphatic carbocycles. The third kappa shape index (κ3) is 2.92. The molecule has 0 fully saturated rings. The molecule has 0 amide bonds. The molecule has 20 heavy (non-hydrogen) atoms. The summed E-state index contributed by atoms with van der Waals surface area (Å²) in [5, 5.41) is 3.24. The minimum Gasteiger partial charge on any atom is -0.368 e. The molecule has 0 saturated heterocycles. The number of fused-ring (bicyclic) bond motifs is 1. The lowest BCUT2D eigenvalue weighted by molar-refractivity contribution is 0.647. The van der Waals surface area contributed by atoms with Gasteiger partial charge in [-0.15, -0.1) is 0 Å².